The average molecular weight is 629 g/mol. The molecule has 0 aromatic heterocycles. The molecule has 4 N–H and O–H groups in total. The number of carbonyl (C=O) groups is 1. The van der Waals surface area contributed by atoms with E-state index in [4.69, 9.17) is 33.6 Å². The van der Waals surface area contributed by atoms with Crippen LogP contribution < -0.4 is 11.1 Å². The molecule has 0 rings (SSSR count). The van der Waals surface area contributed by atoms with Gasteiger partial charge < -0.3 is 38.9 Å². The lowest BCUT2D eigenvalue weighted by molar-refractivity contribution is -0.124. The summed E-state index contributed by atoms with van der Waals surface area (Å²) in [7, 11) is -2.55. The molecule has 4 unspecified atom stereocenters. The highest BCUT2D eigenvalue weighted by molar-refractivity contribution is 7.98. The van der Waals surface area contributed by atoms with Gasteiger partial charge in [0.15, 0.2) is 0 Å². The molecule has 0 aliphatic heterocycles. The van der Waals surface area contributed by atoms with Crippen LogP contribution in [0.25, 0.3) is 0 Å². The number of ether oxygens (including phenoxy) is 2. The third kappa shape index (κ3) is 29.6. The highest BCUT2D eigenvalue weighted by atomic mass is 32.2. The molecule has 0 bridgehead atoms. The minimum Gasteiger partial charge on any atom is -0.379 e. The molecule has 0 spiro atoms. The van der Waals surface area contributed by atoms with E-state index in [2.05, 4.69) is 25.4 Å². The summed E-state index contributed by atoms with van der Waals surface area (Å²) in [4.78, 5) is 11.7. The predicted octanol–water partition coefficient (Wildman–Crippen LogP) is 6.06. The van der Waals surface area contributed by atoms with Gasteiger partial charge in [-0.1, -0.05) is 48.0 Å². The summed E-state index contributed by atoms with van der Waals surface area (Å²) in [6.45, 7) is 22.7. The molecule has 11 heteroatoms. The summed E-state index contributed by atoms with van der Waals surface area (Å²) >= 11 is 1.80. The molecule has 0 saturated carbocycles. The second-order valence-corrected chi connectivity index (χ2v) is 13.9. The fraction of sp³-hybridized carbons (Fsp3) is 0.967. The zero-order valence-electron chi connectivity index (χ0n) is 28.3. The summed E-state index contributed by atoms with van der Waals surface area (Å²) in [5.74, 6) is 2.30. The molecule has 0 aromatic rings. The number of rotatable bonds is 24. The van der Waals surface area contributed by atoms with Gasteiger partial charge in [0, 0.05) is 50.7 Å². The zero-order chi connectivity index (χ0) is 31.9. The van der Waals surface area contributed by atoms with Gasteiger partial charge in [-0.25, -0.2) is 0 Å². The van der Waals surface area contributed by atoms with Crippen molar-refractivity contribution in [2.75, 3.05) is 58.4 Å². The number of aliphatic hydroxyl groups excluding tert-OH is 1. The maximum absolute atomic E-state index is 11.7. The first-order valence-corrected chi connectivity index (χ1v) is 19.1. The van der Waals surface area contributed by atoms with Crippen LogP contribution in [-0.2, 0) is 27.5 Å². The average Bonchev–Trinajstić information content (AvgIpc) is 2.96. The first kappa shape index (κ1) is 45.2. The van der Waals surface area contributed by atoms with Crippen LogP contribution in [0.4, 0.5) is 0 Å². The third-order valence-electron chi connectivity index (χ3n) is 6.62. The van der Waals surface area contributed by atoms with Crippen molar-refractivity contribution in [1.29, 1.82) is 0 Å². The van der Waals surface area contributed by atoms with Gasteiger partial charge >= 0.3 is 8.80 Å². The Hall–Kier alpha value is -0.243. The van der Waals surface area contributed by atoms with Crippen LogP contribution in [0.15, 0.2) is 0 Å². The van der Waals surface area contributed by atoms with E-state index in [1.807, 2.05) is 48.5 Å². The molecule has 0 aromatic carbocycles. The van der Waals surface area contributed by atoms with E-state index in [1.54, 1.807) is 11.8 Å². The highest BCUT2D eigenvalue weighted by Crippen LogP contribution is 2.18. The second kappa shape index (κ2) is 32.7. The monoisotopic (exact) mass is 628 g/mol. The molecule has 0 saturated heterocycles. The lowest BCUT2D eigenvalue weighted by Crippen LogP contribution is -2.46. The SMILES string of the molecule is CCC(C)C(N)O.CCC(C)CCCOCOCCSC.CCO[Si](CCCNC(=O)C(C)CC)(OCC)OCC. The summed E-state index contributed by atoms with van der Waals surface area (Å²) in [5, 5.41) is 11.5. The van der Waals surface area contributed by atoms with Gasteiger partial charge in [0.25, 0.3) is 0 Å². The summed E-state index contributed by atoms with van der Waals surface area (Å²) in [6.07, 6.45) is 7.75. The molecule has 0 aliphatic rings. The Morgan fingerprint density at radius 1 is 0.878 bits per heavy atom. The zero-order valence-corrected chi connectivity index (χ0v) is 30.1. The number of thioether (sulfide) groups is 1. The van der Waals surface area contributed by atoms with Crippen molar-refractivity contribution in [1.82, 2.24) is 5.32 Å². The van der Waals surface area contributed by atoms with E-state index in [9.17, 15) is 4.79 Å². The van der Waals surface area contributed by atoms with E-state index in [1.165, 1.54) is 12.8 Å². The predicted molar refractivity (Wildman–Crippen MR) is 176 cm³/mol. The minimum atomic E-state index is -2.55. The van der Waals surface area contributed by atoms with Gasteiger partial charge in [-0.15, -0.1) is 0 Å². The van der Waals surface area contributed by atoms with Crippen LogP contribution in [-0.4, -0.2) is 84.4 Å². The van der Waals surface area contributed by atoms with E-state index in [0.29, 0.717) is 33.2 Å². The molecule has 9 nitrogen and oxygen atoms in total. The Kier molecular flexibility index (Phi) is 36.0. The largest absolute Gasteiger partial charge is 0.500 e. The Balaban J connectivity index is -0.000000594. The molecule has 1 amide bonds. The molecule has 4 atom stereocenters. The van der Waals surface area contributed by atoms with E-state index >= 15 is 0 Å². The number of hydrogen-bond acceptors (Lipinski definition) is 9. The summed E-state index contributed by atoms with van der Waals surface area (Å²) in [5.41, 5.74) is 5.10. The fourth-order valence-electron chi connectivity index (χ4n) is 3.18. The van der Waals surface area contributed by atoms with E-state index in [0.717, 1.165) is 56.6 Å². The molecule has 0 radical (unpaired) electrons. The van der Waals surface area contributed by atoms with E-state index < -0.39 is 15.0 Å². The number of nitrogens with two attached hydrogens (primary N) is 1. The van der Waals surface area contributed by atoms with Crippen LogP contribution in [0.2, 0.25) is 6.04 Å². The van der Waals surface area contributed by atoms with Crippen LogP contribution in [0, 0.1) is 17.8 Å². The summed E-state index contributed by atoms with van der Waals surface area (Å²) < 4.78 is 27.9. The fourth-order valence-corrected chi connectivity index (χ4v) is 6.07. The number of nitrogens with one attached hydrogen (secondary N) is 1. The van der Waals surface area contributed by atoms with Gasteiger partial charge in [-0.05, 0) is 71.0 Å². The first-order valence-electron chi connectivity index (χ1n) is 15.8. The molecule has 0 heterocycles. The van der Waals surface area contributed by atoms with Crippen molar-refractivity contribution in [3.63, 3.8) is 0 Å². The van der Waals surface area contributed by atoms with Crippen molar-refractivity contribution in [3.05, 3.63) is 0 Å². The van der Waals surface area contributed by atoms with Crippen LogP contribution >= 0.6 is 11.8 Å². The number of amides is 1. The maximum atomic E-state index is 11.7. The molecular weight excluding hydrogens is 560 g/mol. The van der Waals surface area contributed by atoms with Crippen molar-refractivity contribution >= 4 is 26.5 Å². The van der Waals surface area contributed by atoms with Gasteiger partial charge in [-0.3, -0.25) is 4.79 Å². The maximum Gasteiger partial charge on any atom is 0.500 e. The quantitative estimate of drug-likeness (QED) is 0.0665. The molecular formula is C30H68N2O7SSi. The molecule has 250 valence electrons. The Labute approximate surface area is 259 Å². The van der Waals surface area contributed by atoms with Crippen LogP contribution in [0.3, 0.4) is 0 Å². The van der Waals surface area contributed by atoms with Crippen molar-refractivity contribution in [2.45, 2.75) is 113 Å². The smallest absolute Gasteiger partial charge is 0.379 e. The van der Waals surface area contributed by atoms with Crippen LogP contribution in [0.1, 0.15) is 101 Å². The Bertz CT molecular complexity index is 534. The van der Waals surface area contributed by atoms with Crippen molar-refractivity contribution < 1.29 is 32.7 Å². The van der Waals surface area contributed by atoms with E-state index in [-0.39, 0.29) is 17.7 Å². The van der Waals surface area contributed by atoms with Crippen LogP contribution in [0.5, 0.6) is 0 Å². The normalized spacial score (nSPS) is 14.1. The van der Waals surface area contributed by atoms with Crippen molar-refractivity contribution in [3.8, 4) is 0 Å². The molecule has 41 heavy (non-hydrogen) atoms. The second-order valence-electron chi connectivity index (χ2n) is 10.1. The summed E-state index contributed by atoms with van der Waals surface area (Å²) in [6, 6.07) is 0.739. The molecule has 0 fully saturated rings. The third-order valence-corrected chi connectivity index (χ3v) is 10.3. The first-order chi connectivity index (χ1) is 19.5. The number of carbonyl (C=O) groups excluding carboxylic acids is 1. The van der Waals surface area contributed by atoms with Gasteiger partial charge in [-0.2, -0.15) is 11.8 Å². The lowest BCUT2D eigenvalue weighted by atomic mass is 10.0. The minimum absolute atomic E-state index is 0.0719. The van der Waals surface area contributed by atoms with Gasteiger partial charge in [0.2, 0.25) is 5.91 Å². The van der Waals surface area contributed by atoms with Gasteiger partial charge in [0.1, 0.15) is 13.0 Å². The Morgan fingerprint density at radius 2 is 1.44 bits per heavy atom. The molecule has 0 aliphatic carbocycles. The lowest BCUT2D eigenvalue weighted by Gasteiger charge is -2.28. The van der Waals surface area contributed by atoms with Crippen molar-refractivity contribution in [2.24, 2.45) is 23.5 Å². The number of aliphatic hydroxyl groups is 1. The number of hydrogen-bond donors (Lipinski definition) is 3. The standard InChI is InChI=1S/C14H31NO4Si.C11H24O2S.C5H13NO/c1-6-13(5)14(16)15-11-10-12-20(17-7-2,18-8-3)19-9-4;1-4-11(2)6-5-7-12-10-13-8-9-14-3;1-3-4(2)5(6)7/h13H,6-12H2,1-5H3,(H,15,16);11H,4-10H2,1-3H3;4-5,7H,3,6H2,1-2H3. The van der Waals surface area contributed by atoms with Gasteiger partial charge in [0.05, 0.1) is 6.61 Å². The topological polar surface area (TPSA) is 122 Å². The highest BCUT2D eigenvalue weighted by Gasteiger charge is 2.39. The Morgan fingerprint density at radius 3 is 1.85 bits per heavy atom.